The van der Waals surface area contributed by atoms with Crippen molar-refractivity contribution in [2.45, 2.75) is 13.3 Å². The Morgan fingerprint density at radius 3 is 2.68 bits per heavy atom. The Hall–Kier alpha value is -1.46. The second-order valence-corrected chi connectivity index (χ2v) is 6.62. The number of nitrogens with one attached hydrogen (secondary N) is 1. The fourth-order valence-corrected chi connectivity index (χ4v) is 3.11. The van der Waals surface area contributed by atoms with Crippen LogP contribution in [0.25, 0.3) is 0 Å². The number of anilines is 1. The molecule has 5 heteroatoms. The molecule has 0 unspecified atom stereocenters. The van der Waals surface area contributed by atoms with Crippen LogP contribution < -0.4 is 5.32 Å². The van der Waals surface area contributed by atoms with Crippen LogP contribution in [0.4, 0.5) is 5.69 Å². The number of Topliss-reactive ketones (excluding diaryl/α,β-unsaturated/α-hetero) is 1. The normalized spacial score (nSPS) is 10.2. The van der Waals surface area contributed by atoms with Crippen molar-refractivity contribution in [2.75, 3.05) is 5.32 Å². The number of hydrogen-bond donors (Lipinski definition) is 1. The number of hydrogen-bond acceptors (Lipinski definition) is 3. The maximum absolute atomic E-state index is 11.9. The average Bonchev–Trinajstić information content (AvgIpc) is 2.74. The van der Waals surface area contributed by atoms with E-state index in [2.05, 4.69) is 21.2 Å². The number of carbonyl (C=O) groups is 2. The van der Waals surface area contributed by atoms with Crippen LogP contribution in [0, 0.1) is 0 Å². The van der Waals surface area contributed by atoms with E-state index in [-0.39, 0.29) is 11.7 Å². The Balaban J connectivity index is 2.02. The van der Waals surface area contributed by atoms with E-state index in [9.17, 15) is 9.59 Å². The molecule has 0 atom stereocenters. The first kappa shape index (κ1) is 14.0. The van der Waals surface area contributed by atoms with Crippen molar-refractivity contribution in [1.29, 1.82) is 0 Å². The molecule has 3 nitrogen and oxygen atoms in total. The lowest BCUT2D eigenvalue weighted by molar-refractivity contribution is -0.115. The summed E-state index contributed by atoms with van der Waals surface area (Å²) in [5.74, 6) is -0.103. The van der Waals surface area contributed by atoms with E-state index in [1.54, 1.807) is 24.3 Å². The van der Waals surface area contributed by atoms with Gasteiger partial charge in [-0.1, -0.05) is 12.1 Å². The molecule has 19 heavy (non-hydrogen) atoms. The molecule has 0 radical (unpaired) electrons. The third-order valence-corrected chi connectivity index (χ3v) is 4.14. The standard InChI is InChI=1S/C14H12BrNO2S/c1-9(17)10-3-2-4-11(7-10)16-14(18)8-12-5-6-13(15)19-12/h2-7H,8H2,1H3,(H,16,18). The number of benzene rings is 1. The van der Waals surface area contributed by atoms with Crippen molar-refractivity contribution in [3.05, 3.63) is 50.6 Å². The predicted octanol–water partition coefficient (Wildman–Crippen LogP) is 3.89. The van der Waals surface area contributed by atoms with Gasteiger partial charge >= 0.3 is 0 Å². The predicted molar refractivity (Wildman–Crippen MR) is 80.8 cm³/mol. The van der Waals surface area contributed by atoms with Crippen LogP contribution in [-0.4, -0.2) is 11.7 Å². The van der Waals surface area contributed by atoms with Crippen LogP contribution in [0.15, 0.2) is 40.2 Å². The first-order valence-electron chi connectivity index (χ1n) is 5.69. The first-order chi connectivity index (χ1) is 9.04. The van der Waals surface area contributed by atoms with E-state index in [1.165, 1.54) is 18.3 Å². The van der Waals surface area contributed by atoms with Crippen LogP contribution >= 0.6 is 27.3 Å². The maximum Gasteiger partial charge on any atom is 0.229 e. The van der Waals surface area contributed by atoms with Crippen LogP contribution in [0.3, 0.4) is 0 Å². The molecule has 0 saturated carbocycles. The van der Waals surface area contributed by atoms with Gasteiger partial charge in [0.05, 0.1) is 10.2 Å². The van der Waals surface area contributed by atoms with E-state index >= 15 is 0 Å². The highest BCUT2D eigenvalue weighted by molar-refractivity contribution is 9.11. The van der Waals surface area contributed by atoms with Gasteiger partial charge in [-0.3, -0.25) is 9.59 Å². The first-order valence-corrected chi connectivity index (χ1v) is 7.30. The van der Waals surface area contributed by atoms with Gasteiger partial charge in [0, 0.05) is 16.1 Å². The van der Waals surface area contributed by atoms with Crippen molar-refractivity contribution in [3.63, 3.8) is 0 Å². The van der Waals surface area contributed by atoms with Crippen molar-refractivity contribution in [1.82, 2.24) is 0 Å². The quantitative estimate of drug-likeness (QED) is 0.860. The molecule has 1 heterocycles. The smallest absolute Gasteiger partial charge is 0.229 e. The summed E-state index contributed by atoms with van der Waals surface area (Å²) in [4.78, 5) is 24.1. The molecule has 1 N–H and O–H groups in total. The lowest BCUT2D eigenvalue weighted by atomic mass is 10.1. The molecule has 0 aliphatic heterocycles. The molecule has 0 bridgehead atoms. The minimum atomic E-state index is -0.0879. The highest BCUT2D eigenvalue weighted by Crippen LogP contribution is 2.22. The monoisotopic (exact) mass is 337 g/mol. The average molecular weight is 338 g/mol. The molecular formula is C14H12BrNO2S. The van der Waals surface area contributed by atoms with Crippen molar-refractivity contribution in [3.8, 4) is 0 Å². The number of thiophene rings is 1. The minimum Gasteiger partial charge on any atom is -0.326 e. The van der Waals surface area contributed by atoms with Gasteiger partial charge in [-0.25, -0.2) is 0 Å². The van der Waals surface area contributed by atoms with Gasteiger partial charge in [-0.15, -0.1) is 11.3 Å². The molecule has 1 aromatic carbocycles. The van der Waals surface area contributed by atoms with Crippen molar-refractivity contribution in [2.24, 2.45) is 0 Å². The Morgan fingerprint density at radius 1 is 1.26 bits per heavy atom. The second kappa shape index (κ2) is 6.12. The molecule has 2 rings (SSSR count). The molecular weight excluding hydrogens is 326 g/mol. The zero-order chi connectivity index (χ0) is 13.8. The maximum atomic E-state index is 11.9. The molecule has 1 aromatic heterocycles. The van der Waals surface area contributed by atoms with Gasteiger partial charge in [0.25, 0.3) is 0 Å². The highest BCUT2D eigenvalue weighted by Gasteiger charge is 2.07. The van der Waals surface area contributed by atoms with Gasteiger partial charge in [-0.05, 0) is 47.1 Å². The van der Waals surface area contributed by atoms with E-state index < -0.39 is 0 Å². The summed E-state index contributed by atoms with van der Waals surface area (Å²) in [7, 11) is 0. The molecule has 0 fully saturated rings. The summed E-state index contributed by atoms with van der Waals surface area (Å²) in [5.41, 5.74) is 1.24. The number of rotatable bonds is 4. The Kier molecular flexibility index (Phi) is 4.50. The Morgan fingerprint density at radius 2 is 2.05 bits per heavy atom. The summed E-state index contributed by atoms with van der Waals surface area (Å²) in [6.07, 6.45) is 0.334. The lowest BCUT2D eigenvalue weighted by Crippen LogP contribution is -2.13. The molecule has 2 aromatic rings. The fourth-order valence-electron chi connectivity index (χ4n) is 1.63. The third-order valence-electron chi connectivity index (χ3n) is 2.52. The molecule has 0 aliphatic carbocycles. The topological polar surface area (TPSA) is 46.2 Å². The molecule has 98 valence electrons. The SMILES string of the molecule is CC(=O)c1cccc(NC(=O)Cc2ccc(Br)s2)c1. The fraction of sp³-hybridized carbons (Fsp3) is 0.143. The van der Waals surface area contributed by atoms with Gasteiger partial charge in [0.1, 0.15) is 0 Å². The molecule has 0 aliphatic rings. The van der Waals surface area contributed by atoms with Crippen LogP contribution in [0.5, 0.6) is 0 Å². The third kappa shape index (κ3) is 4.01. The van der Waals surface area contributed by atoms with Gasteiger partial charge in [0.2, 0.25) is 5.91 Å². The molecule has 0 saturated heterocycles. The van der Waals surface area contributed by atoms with Crippen molar-refractivity contribution >= 4 is 44.6 Å². The zero-order valence-electron chi connectivity index (χ0n) is 10.3. The molecule has 1 amide bonds. The summed E-state index contributed by atoms with van der Waals surface area (Å²) < 4.78 is 1.01. The van der Waals surface area contributed by atoms with Crippen molar-refractivity contribution < 1.29 is 9.59 Å². The number of ketones is 1. The number of halogens is 1. The Bertz CT molecular complexity index is 621. The van der Waals surface area contributed by atoms with E-state index in [4.69, 9.17) is 0 Å². The summed E-state index contributed by atoms with van der Waals surface area (Å²) in [5, 5.41) is 2.80. The second-order valence-electron chi connectivity index (χ2n) is 4.07. The largest absolute Gasteiger partial charge is 0.326 e. The van der Waals surface area contributed by atoms with Gasteiger partial charge < -0.3 is 5.32 Å². The van der Waals surface area contributed by atoms with E-state index in [1.807, 2.05) is 12.1 Å². The molecule has 0 spiro atoms. The van der Waals surface area contributed by atoms with E-state index in [0.29, 0.717) is 17.7 Å². The van der Waals surface area contributed by atoms with Gasteiger partial charge in [0.15, 0.2) is 5.78 Å². The zero-order valence-corrected chi connectivity index (χ0v) is 12.7. The highest BCUT2D eigenvalue weighted by atomic mass is 79.9. The minimum absolute atomic E-state index is 0.0155. The van der Waals surface area contributed by atoms with Gasteiger partial charge in [-0.2, -0.15) is 0 Å². The summed E-state index contributed by atoms with van der Waals surface area (Å²) in [6.45, 7) is 1.50. The number of amides is 1. The Labute approximate surface area is 123 Å². The lowest BCUT2D eigenvalue weighted by Gasteiger charge is -2.05. The van der Waals surface area contributed by atoms with Crippen LogP contribution in [-0.2, 0) is 11.2 Å². The number of carbonyl (C=O) groups excluding carboxylic acids is 2. The van der Waals surface area contributed by atoms with Crippen LogP contribution in [0.1, 0.15) is 22.2 Å². The summed E-state index contributed by atoms with van der Waals surface area (Å²) in [6, 6.07) is 10.8. The van der Waals surface area contributed by atoms with E-state index in [0.717, 1.165) is 8.66 Å². The summed E-state index contributed by atoms with van der Waals surface area (Å²) >= 11 is 4.90. The van der Waals surface area contributed by atoms with Crippen LogP contribution in [0.2, 0.25) is 0 Å².